The zero-order valence-electron chi connectivity index (χ0n) is 16.5. The summed E-state index contributed by atoms with van der Waals surface area (Å²) in [6, 6.07) is 7.73. The van der Waals surface area contributed by atoms with Gasteiger partial charge in [0.2, 0.25) is 0 Å². The van der Waals surface area contributed by atoms with Gasteiger partial charge in [0.05, 0.1) is 18.2 Å². The van der Waals surface area contributed by atoms with Gasteiger partial charge in [0.25, 0.3) is 5.91 Å². The Bertz CT molecular complexity index is 1140. The maximum absolute atomic E-state index is 12.6. The van der Waals surface area contributed by atoms with Crippen molar-refractivity contribution < 1.29 is 14.3 Å². The number of hydrogen-bond acceptors (Lipinski definition) is 6. The Balaban J connectivity index is 1.46. The van der Waals surface area contributed by atoms with Crippen molar-refractivity contribution in [2.75, 3.05) is 12.4 Å². The first-order valence-electron chi connectivity index (χ1n) is 9.54. The Hall–Kier alpha value is -2.49. The molecule has 9 heteroatoms. The van der Waals surface area contributed by atoms with Crippen molar-refractivity contribution in [3.8, 4) is 0 Å². The number of amides is 1. The van der Waals surface area contributed by atoms with Crippen LogP contribution in [0.2, 0.25) is 0 Å². The van der Waals surface area contributed by atoms with Crippen LogP contribution in [0.1, 0.15) is 44.5 Å². The second-order valence-electron chi connectivity index (χ2n) is 7.23. The standard InChI is InChI=1S/C21H21N3O3S3/c1-11-7-8-13-16(9-11)30-19(17(13)20(26)27-2)22-21(28)24-23-18(25)14-10-29-15-6-4-3-5-12(14)15/h3-6,10-11H,7-9H2,1-2H3,(H,23,25)(H2,22,24,28)/t11-/m0/s1. The van der Waals surface area contributed by atoms with E-state index in [4.69, 9.17) is 17.0 Å². The van der Waals surface area contributed by atoms with Crippen LogP contribution < -0.4 is 16.2 Å². The van der Waals surface area contributed by atoms with Crippen molar-refractivity contribution in [1.29, 1.82) is 0 Å². The third-order valence-electron chi connectivity index (χ3n) is 5.14. The van der Waals surface area contributed by atoms with Gasteiger partial charge in [-0.1, -0.05) is 25.1 Å². The van der Waals surface area contributed by atoms with Gasteiger partial charge in [-0.15, -0.1) is 22.7 Å². The minimum Gasteiger partial charge on any atom is -0.465 e. The molecule has 1 aliphatic carbocycles. The number of nitrogens with one attached hydrogen (secondary N) is 3. The van der Waals surface area contributed by atoms with Crippen LogP contribution in [0.15, 0.2) is 29.6 Å². The number of hydrogen-bond donors (Lipinski definition) is 3. The maximum Gasteiger partial charge on any atom is 0.341 e. The van der Waals surface area contributed by atoms with Crippen molar-refractivity contribution in [1.82, 2.24) is 10.9 Å². The molecular formula is C21H21N3O3S3. The van der Waals surface area contributed by atoms with Gasteiger partial charge in [-0.25, -0.2) is 4.79 Å². The van der Waals surface area contributed by atoms with Gasteiger partial charge in [-0.2, -0.15) is 0 Å². The molecule has 0 fully saturated rings. The number of benzene rings is 1. The van der Waals surface area contributed by atoms with Crippen LogP contribution in [0.4, 0.5) is 5.00 Å². The molecule has 0 unspecified atom stereocenters. The molecule has 6 nitrogen and oxygen atoms in total. The molecule has 4 rings (SSSR count). The molecule has 30 heavy (non-hydrogen) atoms. The number of methoxy groups -OCH3 is 1. The molecule has 2 aromatic heterocycles. The summed E-state index contributed by atoms with van der Waals surface area (Å²) in [6.07, 6.45) is 2.83. The molecule has 156 valence electrons. The first-order valence-corrected chi connectivity index (χ1v) is 11.6. The molecule has 0 saturated heterocycles. The van der Waals surface area contributed by atoms with Gasteiger partial charge in [0, 0.05) is 20.3 Å². The van der Waals surface area contributed by atoms with Crippen molar-refractivity contribution in [3.63, 3.8) is 0 Å². The van der Waals surface area contributed by atoms with E-state index in [-0.39, 0.29) is 17.0 Å². The van der Waals surface area contributed by atoms with Crippen molar-refractivity contribution in [2.45, 2.75) is 26.2 Å². The second kappa shape index (κ2) is 8.71. The van der Waals surface area contributed by atoms with Crippen molar-refractivity contribution in [3.05, 3.63) is 51.2 Å². The van der Waals surface area contributed by atoms with E-state index in [1.807, 2.05) is 29.6 Å². The third-order valence-corrected chi connectivity index (χ3v) is 7.48. The number of carbonyl (C=O) groups excluding carboxylic acids is 2. The molecule has 1 atom stereocenters. The summed E-state index contributed by atoms with van der Waals surface area (Å²) < 4.78 is 6.04. The average Bonchev–Trinajstić information content (AvgIpc) is 3.32. The van der Waals surface area contributed by atoms with Crippen LogP contribution in [0.3, 0.4) is 0 Å². The minimum atomic E-state index is -0.374. The Morgan fingerprint density at radius 1 is 1.23 bits per heavy atom. The van der Waals surface area contributed by atoms with E-state index in [9.17, 15) is 9.59 Å². The highest BCUT2D eigenvalue weighted by atomic mass is 32.1. The number of thiocarbonyl (C=S) groups is 1. The molecule has 0 radical (unpaired) electrons. The van der Waals surface area contributed by atoms with Gasteiger partial charge in [0.1, 0.15) is 5.00 Å². The van der Waals surface area contributed by atoms with Crippen LogP contribution in [-0.4, -0.2) is 24.1 Å². The van der Waals surface area contributed by atoms with Gasteiger partial charge in [0.15, 0.2) is 5.11 Å². The first-order chi connectivity index (χ1) is 14.5. The SMILES string of the molecule is COC(=O)c1c(NC(=S)NNC(=O)c2csc3ccccc23)sc2c1CC[C@H](C)C2. The fraction of sp³-hybridized carbons (Fsp3) is 0.286. The van der Waals surface area contributed by atoms with Crippen LogP contribution in [0.5, 0.6) is 0 Å². The highest BCUT2D eigenvalue weighted by Crippen LogP contribution is 2.40. The van der Waals surface area contributed by atoms with Crippen LogP contribution in [0, 0.1) is 5.92 Å². The predicted octanol–water partition coefficient (Wildman–Crippen LogP) is 4.51. The number of thiophene rings is 2. The van der Waals surface area contributed by atoms with Crippen molar-refractivity contribution >= 4 is 67.0 Å². The van der Waals surface area contributed by atoms with Gasteiger partial charge in [-0.3, -0.25) is 15.6 Å². The largest absolute Gasteiger partial charge is 0.465 e. The lowest BCUT2D eigenvalue weighted by Gasteiger charge is -2.18. The summed E-state index contributed by atoms with van der Waals surface area (Å²) in [4.78, 5) is 26.1. The van der Waals surface area contributed by atoms with Crippen LogP contribution >= 0.6 is 34.9 Å². The first kappa shape index (κ1) is 20.8. The Kier molecular flexibility index (Phi) is 6.03. The fourth-order valence-corrected chi connectivity index (χ4v) is 6.19. The van der Waals surface area contributed by atoms with Gasteiger partial charge < -0.3 is 10.1 Å². The number of rotatable bonds is 3. The minimum absolute atomic E-state index is 0.208. The average molecular weight is 460 g/mol. The Labute approximate surface area is 187 Å². The summed E-state index contributed by atoms with van der Waals surface area (Å²) in [5.41, 5.74) is 7.54. The molecule has 0 aliphatic heterocycles. The molecule has 3 aromatic rings. The highest BCUT2D eigenvalue weighted by molar-refractivity contribution is 7.80. The lowest BCUT2D eigenvalue weighted by molar-refractivity contribution is 0.0600. The number of esters is 1. The molecule has 0 spiro atoms. The topological polar surface area (TPSA) is 79.5 Å². The predicted molar refractivity (Wildman–Crippen MR) is 125 cm³/mol. The highest BCUT2D eigenvalue weighted by Gasteiger charge is 2.28. The third kappa shape index (κ3) is 4.05. The molecule has 1 aliphatic rings. The second-order valence-corrected chi connectivity index (χ2v) is 9.65. The maximum atomic E-state index is 12.6. The van der Waals surface area contributed by atoms with E-state index in [0.29, 0.717) is 22.0 Å². The zero-order chi connectivity index (χ0) is 21.3. The van der Waals surface area contributed by atoms with E-state index in [1.54, 1.807) is 0 Å². The lowest BCUT2D eigenvalue weighted by Crippen LogP contribution is -2.43. The summed E-state index contributed by atoms with van der Waals surface area (Å²) in [5, 5.41) is 6.63. The molecule has 0 bridgehead atoms. The number of hydrazine groups is 1. The fourth-order valence-electron chi connectivity index (χ4n) is 3.63. The number of ether oxygens (including phenoxy) is 1. The van der Waals surface area contributed by atoms with Crippen molar-refractivity contribution in [2.24, 2.45) is 5.92 Å². The summed E-state index contributed by atoms with van der Waals surface area (Å²) >= 11 is 8.38. The van der Waals surface area contributed by atoms with E-state index < -0.39 is 0 Å². The molecule has 1 amide bonds. The Morgan fingerprint density at radius 2 is 2.03 bits per heavy atom. The van der Waals surface area contributed by atoms with E-state index >= 15 is 0 Å². The summed E-state index contributed by atoms with van der Waals surface area (Å²) in [5.74, 6) is -0.0653. The molecular weight excluding hydrogens is 438 g/mol. The Morgan fingerprint density at radius 3 is 2.83 bits per heavy atom. The quantitative estimate of drug-likeness (QED) is 0.304. The van der Waals surface area contributed by atoms with E-state index in [0.717, 1.165) is 34.9 Å². The van der Waals surface area contributed by atoms with E-state index in [1.165, 1.54) is 34.7 Å². The normalized spacial score (nSPS) is 15.3. The monoisotopic (exact) mass is 459 g/mol. The number of carbonyl (C=O) groups is 2. The summed E-state index contributed by atoms with van der Waals surface area (Å²) in [6.45, 7) is 2.21. The smallest absolute Gasteiger partial charge is 0.341 e. The molecule has 3 N–H and O–H groups in total. The molecule has 2 heterocycles. The zero-order valence-corrected chi connectivity index (χ0v) is 19.0. The van der Waals surface area contributed by atoms with Gasteiger partial charge in [-0.05, 0) is 49.0 Å². The van der Waals surface area contributed by atoms with E-state index in [2.05, 4.69) is 23.1 Å². The van der Waals surface area contributed by atoms with Crippen LogP contribution in [-0.2, 0) is 17.6 Å². The van der Waals surface area contributed by atoms with Crippen LogP contribution in [0.25, 0.3) is 10.1 Å². The lowest BCUT2D eigenvalue weighted by atomic mass is 9.88. The van der Waals surface area contributed by atoms with Gasteiger partial charge >= 0.3 is 5.97 Å². The molecule has 0 saturated carbocycles. The number of fused-ring (bicyclic) bond motifs is 2. The molecule has 1 aromatic carbocycles. The number of anilines is 1. The summed E-state index contributed by atoms with van der Waals surface area (Å²) in [7, 11) is 1.38.